The van der Waals surface area contributed by atoms with Crippen LogP contribution in [0.2, 0.25) is 0 Å². The standard InChI is InChI=1S/C12H17NO4S/c1-5-16-10(15)12(3,4)9(14)7-18-11-13-8(2)6-17-11/h6H,5,7H2,1-4H3. The average Bonchev–Trinajstić information content (AvgIpc) is 2.72. The Morgan fingerprint density at radius 2 is 2.17 bits per heavy atom. The van der Waals surface area contributed by atoms with Gasteiger partial charge in [-0.05, 0) is 27.7 Å². The summed E-state index contributed by atoms with van der Waals surface area (Å²) in [5, 5.41) is 0.431. The van der Waals surface area contributed by atoms with Gasteiger partial charge >= 0.3 is 5.97 Å². The van der Waals surface area contributed by atoms with E-state index >= 15 is 0 Å². The third-order valence-electron chi connectivity index (χ3n) is 2.41. The van der Waals surface area contributed by atoms with Crippen LogP contribution in [0.15, 0.2) is 15.9 Å². The molecule has 0 aliphatic heterocycles. The van der Waals surface area contributed by atoms with Crippen LogP contribution in [0.4, 0.5) is 0 Å². The number of oxazole rings is 1. The fourth-order valence-corrected chi connectivity index (χ4v) is 2.07. The van der Waals surface area contributed by atoms with Gasteiger partial charge in [-0.1, -0.05) is 11.8 Å². The Hall–Kier alpha value is -1.30. The highest BCUT2D eigenvalue weighted by Crippen LogP contribution is 2.24. The number of aromatic nitrogens is 1. The third-order valence-corrected chi connectivity index (χ3v) is 3.25. The molecule has 0 aliphatic rings. The summed E-state index contributed by atoms with van der Waals surface area (Å²) in [4.78, 5) is 27.7. The van der Waals surface area contributed by atoms with E-state index in [1.165, 1.54) is 18.0 Å². The molecule has 0 fully saturated rings. The molecule has 0 saturated heterocycles. The molecular formula is C12H17NO4S. The summed E-state index contributed by atoms with van der Waals surface area (Å²) in [5.41, 5.74) is -0.375. The molecule has 0 N–H and O–H groups in total. The maximum Gasteiger partial charge on any atom is 0.319 e. The predicted molar refractivity (Wildman–Crippen MR) is 67.4 cm³/mol. The van der Waals surface area contributed by atoms with Gasteiger partial charge in [-0.2, -0.15) is 0 Å². The minimum Gasteiger partial charge on any atom is -0.465 e. The van der Waals surface area contributed by atoms with Crippen LogP contribution in [-0.2, 0) is 14.3 Å². The zero-order valence-corrected chi connectivity index (χ0v) is 11.8. The van der Waals surface area contributed by atoms with Crippen molar-refractivity contribution in [1.82, 2.24) is 4.98 Å². The van der Waals surface area contributed by atoms with Gasteiger partial charge in [0, 0.05) is 0 Å². The predicted octanol–water partition coefficient (Wildman–Crippen LogP) is 2.23. The molecule has 100 valence electrons. The number of hydrogen-bond acceptors (Lipinski definition) is 6. The normalized spacial score (nSPS) is 11.3. The van der Waals surface area contributed by atoms with Gasteiger partial charge in [0.2, 0.25) is 0 Å². The van der Waals surface area contributed by atoms with Gasteiger partial charge in [-0.3, -0.25) is 9.59 Å². The Labute approximate surface area is 110 Å². The molecule has 0 aliphatic carbocycles. The number of rotatable bonds is 6. The van der Waals surface area contributed by atoms with E-state index in [9.17, 15) is 9.59 Å². The zero-order valence-electron chi connectivity index (χ0n) is 11.0. The molecule has 18 heavy (non-hydrogen) atoms. The van der Waals surface area contributed by atoms with Crippen molar-refractivity contribution in [3.05, 3.63) is 12.0 Å². The molecule has 6 heteroatoms. The van der Waals surface area contributed by atoms with Crippen molar-refractivity contribution in [2.75, 3.05) is 12.4 Å². The summed E-state index contributed by atoms with van der Waals surface area (Å²) in [6.45, 7) is 6.91. The second-order valence-corrected chi connectivity index (χ2v) is 5.24. The molecule has 1 heterocycles. The topological polar surface area (TPSA) is 69.4 Å². The van der Waals surface area contributed by atoms with Gasteiger partial charge < -0.3 is 9.15 Å². The van der Waals surface area contributed by atoms with E-state index in [2.05, 4.69) is 4.98 Å². The summed E-state index contributed by atoms with van der Waals surface area (Å²) in [5.74, 6) is -0.577. The number of aryl methyl sites for hydroxylation is 1. The summed E-state index contributed by atoms with van der Waals surface area (Å²) < 4.78 is 9.99. The SMILES string of the molecule is CCOC(=O)C(C)(C)C(=O)CSc1nc(C)co1. The van der Waals surface area contributed by atoms with Crippen LogP contribution >= 0.6 is 11.8 Å². The Balaban J connectivity index is 2.56. The van der Waals surface area contributed by atoms with E-state index in [1.54, 1.807) is 27.7 Å². The number of carbonyl (C=O) groups is 2. The van der Waals surface area contributed by atoms with Crippen LogP contribution in [-0.4, -0.2) is 29.1 Å². The maximum atomic E-state index is 12.0. The number of esters is 1. The molecule has 0 unspecified atom stereocenters. The Morgan fingerprint density at radius 3 is 2.67 bits per heavy atom. The number of hydrogen-bond donors (Lipinski definition) is 0. The lowest BCUT2D eigenvalue weighted by molar-refractivity contribution is -0.157. The van der Waals surface area contributed by atoms with Crippen molar-refractivity contribution in [2.45, 2.75) is 32.9 Å². The van der Waals surface area contributed by atoms with Crippen LogP contribution in [0.1, 0.15) is 26.5 Å². The number of nitrogens with zero attached hydrogens (tertiary/aromatic N) is 1. The summed E-state index contributed by atoms with van der Waals surface area (Å²) in [7, 11) is 0. The highest BCUT2D eigenvalue weighted by atomic mass is 32.2. The van der Waals surface area contributed by atoms with Crippen molar-refractivity contribution in [1.29, 1.82) is 0 Å². The quantitative estimate of drug-likeness (QED) is 0.449. The first kappa shape index (κ1) is 14.8. The first-order valence-corrected chi connectivity index (χ1v) is 6.62. The van der Waals surface area contributed by atoms with Crippen LogP contribution in [0, 0.1) is 12.3 Å². The molecule has 1 aromatic rings. The van der Waals surface area contributed by atoms with Crippen LogP contribution in [0.5, 0.6) is 0 Å². The zero-order chi connectivity index (χ0) is 13.8. The fraction of sp³-hybridized carbons (Fsp3) is 0.583. The van der Waals surface area contributed by atoms with Crippen LogP contribution < -0.4 is 0 Å². The highest BCUT2D eigenvalue weighted by molar-refractivity contribution is 7.99. The van der Waals surface area contributed by atoms with Gasteiger partial charge in [-0.15, -0.1) is 0 Å². The van der Waals surface area contributed by atoms with E-state index in [0.717, 1.165) is 5.69 Å². The largest absolute Gasteiger partial charge is 0.465 e. The number of carbonyl (C=O) groups excluding carboxylic acids is 2. The van der Waals surface area contributed by atoms with Crippen LogP contribution in [0.25, 0.3) is 0 Å². The van der Waals surface area contributed by atoms with E-state index in [1.807, 2.05) is 0 Å². The molecule has 0 atom stereocenters. The number of Topliss-reactive ketones (excluding diaryl/α,β-unsaturated/α-hetero) is 1. The molecule has 0 radical (unpaired) electrons. The average molecular weight is 271 g/mol. The van der Waals surface area contributed by atoms with Gasteiger partial charge in [0.15, 0.2) is 5.78 Å². The lowest BCUT2D eigenvalue weighted by Gasteiger charge is -2.19. The van der Waals surface area contributed by atoms with E-state index in [0.29, 0.717) is 5.22 Å². The van der Waals surface area contributed by atoms with Crippen molar-refractivity contribution in [3.63, 3.8) is 0 Å². The number of ether oxygens (including phenoxy) is 1. The molecule has 0 aromatic carbocycles. The third kappa shape index (κ3) is 3.60. The van der Waals surface area contributed by atoms with Crippen LogP contribution in [0.3, 0.4) is 0 Å². The molecule has 0 bridgehead atoms. The van der Waals surface area contributed by atoms with Gasteiger partial charge in [0.25, 0.3) is 5.22 Å². The second kappa shape index (κ2) is 6.04. The second-order valence-electron chi connectivity index (χ2n) is 4.31. The lowest BCUT2D eigenvalue weighted by Crippen LogP contribution is -2.36. The number of ketones is 1. The summed E-state index contributed by atoms with van der Waals surface area (Å²) in [6.07, 6.45) is 1.52. The maximum absolute atomic E-state index is 12.0. The van der Waals surface area contributed by atoms with Crippen molar-refractivity contribution < 1.29 is 18.7 Å². The first-order valence-electron chi connectivity index (χ1n) is 5.63. The Morgan fingerprint density at radius 1 is 1.50 bits per heavy atom. The summed E-state index contributed by atoms with van der Waals surface area (Å²) in [6, 6.07) is 0. The number of thioether (sulfide) groups is 1. The van der Waals surface area contributed by atoms with Gasteiger partial charge in [-0.25, -0.2) is 4.98 Å². The minimum absolute atomic E-state index is 0.131. The lowest BCUT2D eigenvalue weighted by atomic mass is 9.89. The molecule has 1 rings (SSSR count). The monoisotopic (exact) mass is 271 g/mol. The van der Waals surface area contributed by atoms with Gasteiger partial charge in [0.1, 0.15) is 11.7 Å². The van der Waals surface area contributed by atoms with Crippen molar-refractivity contribution in [3.8, 4) is 0 Å². The van der Waals surface area contributed by atoms with E-state index < -0.39 is 11.4 Å². The molecule has 0 spiro atoms. The molecule has 5 nitrogen and oxygen atoms in total. The van der Waals surface area contributed by atoms with Crippen molar-refractivity contribution >= 4 is 23.5 Å². The van der Waals surface area contributed by atoms with E-state index in [4.69, 9.17) is 9.15 Å². The fourth-order valence-electron chi connectivity index (χ4n) is 1.13. The molecule has 0 amide bonds. The molecular weight excluding hydrogens is 254 g/mol. The smallest absolute Gasteiger partial charge is 0.319 e. The summed E-state index contributed by atoms with van der Waals surface area (Å²) >= 11 is 1.18. The van der Waals surface area contributed by atoms with Gasteiger partial charge in [0.05, 0.1) is 18.1 Å². The Bertz CT molecular complexity index is 439. The Kier molecular flexibility index (Phi) is 4.95. The molecule has 1 aromatic heterocycles. The first-order chi connectivity index (χ1) is 8.37. The highest BCUT2D eigenvalue weighted by Gasteiger charge is 2.37. The van der Waals surface area contributed by atoms with E-state index in [-0.39, 0.29) is 18.1 Å². The molecule has 0 saturated carbocycles. The minimum atomic E-state index is -1.13. The van der Waals surface area contributed by atoms with Crippen molar-refractivity contribution in [2.24, 2.45) is 5.41 Å².